The van der Waals surface area contributed by atoms with Crippen molar-refractivity contribution in [3.63, 3.8) is 0 Å². The number of piperidine rings is 1. The maximum atomic E-state index is 11.5. The molecule has 0 saturated carbocycles. The van der Waals surface area contributed by atoms with Crippen molar-refractivity contribution in [3.8, 4) is 0 Å². The summed E-state index contributed by atoms with van der Waals surface area (Å²) in [6.07, 6.45) is 2.26. The van der Waals surface area contributed by atoms with Crippen LogP contribution in [0.2, 0.25) is 0 Å². The van der Waals surface area contributed by atoms with E-state index in [0.29, 0.717) is 18.4 Å². The fourth-order valence-corrected chi connectivity index (χ4v) is 4.78. The monoisotopic (exact) mass is 380 g/mol. The van der Waals surface area contributed by atoms with Crippen molar-refractivity contribution in [1.82, 2.24) is 14.9 Å². The van der Waals surface area contributed by atoms with Crippen LogP contribution < -0.4 is 10.0 Å². The average Bonchev–Trinajstić information content (AvgIpc) is 2.54. The predicted molar refractivity (Wildman–Crippen MR) is 108 cm³/mol. The lowest BCUT2D eigenvalue weighted by Gasteiger charge is -2.39. The average molecular weight is 381 g/mol. The lowest BCUT2D eigenvalue weighted by Crippen LogP contribution is -2.55. The fourth-order valence-electron chi connectivity index (χ4n) is 3.70. The number of sulfonamides is 1. The lowest BCUT2D eigenvalue weighted by molar-refractivity contribution is 0.233. The van der Waals surface area contributed by atoms with Gasteiger partial charge in [0.15, 0.2) is 5.96 Å². The van der Waals surface area contributed by atoms with Crippen molar-refractivity contribution in [1.29, 1.82) is 0 Å². The zero-order valence-electron chi connectivity index (χ0n) is 16.5. The summed E-state index contributed by atoms with van der Waals surface area (Å²) in [7, 11) is -1.48. The molecule has 0 aromatic heterocycles. The van der Waals surface area contributed by atoms with Gasteiger partial charge in [0.05, 0.1) is 6.26 Å². The minimum Gasteiger partial charge on any atom is -0.354 e. The molecule has 26 heavy (non-hydrogen) atoms. The van der Waals surface area contributed by atoms with E-state index in [1.54, 1.807) is 7.05 Å². The first-order valence-electron chi connectivity index (χ1n) is 9.11. The van der Waals surface area contributed by atoms with Crippen molar-refractivity contribution in [3.05, 3.63) is 35.9 Å². The van der Waals surface area contributed by atoms with Crippen molar-refractivity contribution in [2.45, 2.75) is 38.6 Å². The summed E-state index contributed by atoms with van der Waals surface area (Å²) in [6, 6.07) is 10.7. The minimum atomic E-state index is -3.25. The highest BCUT2D eigenvalue weighted by Gasteiger charge is 2.29. The number of rotatable bonds is 5. The quantitative estimate of drug-likeness (QED) is 0.605. The number of nitrogens with one attached hydrogen (secondary N) is 2. The molecule has 146 valence electrons. The third-order valence-corrected chi connectivity index (χ3v) is 5.72. The van der Waals surface area contributed by atoms with Gasteiger partial charge in [0, 0.05) is 32.2 Å². The second-order valence-corrected chi connectivity index (χ2v) is 9.64. The topological polar surface area (TPSA) is 73.8 Å². The van der Waals surface area contributed by atoms with Gasteiger partial charge in [-0.1, -0.05) is 37.3 Å². The molecule has 2 atom stereocenters. The molecule has 0 radical (unpaired) electrons. The number of likely N-dealkylation sites (tertiary alicyclic amines) is 1. The zero-order chi connectivity index (χ0) is 19.4. The van der Waals surface area contributed by atoms with E-state index in [4.69, 9.17) is 0 Å². The molecule has 0 amide bonds. The smallest absolute Gasteiger partial charge is 0.209 e. The van der Waals surface area contributed by atoms with E-state index in [0.717, 1.165) is 25.5 Å². The van der Waals surface area contributed by atoms with E-state index in [1.807, 2.05) is 13.8 Å². The Balaban J connectivity index is 1.95. The van der Waals surface area contributed by atoms with Crippen molar-refractivity contribution >= 4 is 16.0 Å². The Labute approximate surface area is 158 Å². The van der Waals surface area contributed by atoms with Crippen molar-refractivity contribution < 1.29 is 8.42 Å². The largest absolute Gasteiger partial charge is 0.354 e. The number of guanidine groups is 1. The molecule has 1 fully saturated rings. The Morgan fingerprint density at radius 3 is 2.50 bits per heavy atom. The van der Waals surface area contributed by atoms with E-state index >= 15 is 0 Å². The van der Waals surface area contributed by atoms with Gasteiger partial charge in [0.25, 0.3) is 0 Å². The third-order valence-electron chi connectivity index (χ3n) is 4.79. The summed E-state index contributed by atoms with van der Waals surface area (Å²) in [5, 5.41) is 3.33. The van der Waals surface area contributed by atoms with Crippen LogP contribution in [0.3, 0.4) is 0 Å². The molecule has 1 aliphatic rings. The Bertz CT molecular complexity index is 716. The molecule has 1 heterocycles. The first-order chi connectivity index (χ1) is 12.1. The van der Waals surface area contributed by atoms with Crippen molar-refractivity contribution in [2.75, 3.05) is 32.9 Å². The number of nitrogens with zero attached hydrogens (tertiary/aromatic N) is 2. The Hall–Kier alpha value is -1.60. The molecule has 0 spiro atoms. The second kappa shape index (κ2) is 8.39. The van der Waals surface area contributed by atoms with Gasteiger partial charge in [-0.2, -0.15) is 0 Å². The van der Waals surface area contributed by atoms with Gasteiger partial charge in [0.2, 0.25) is 10.0 Å². The van der Waals surface area contributed by atoms with Crippen LogP contribution in [0.5, 0.6) is 0 Å². The maximum Gasteiger partial charge on any atom is 0.209 e. The van der Waals surface area contributed by atoms with E-state index in [1.165, 1.54) is 11.8 Å². The van der Waals surface area contributed by atoms with Crippen LogP contribution in [-0.4, -0.2) is 57.8 Å². The standard InChI is InChI=1S/C19H32N4O2S/c1-15-13-23(12-11-17(15)16-9-7-6-8-10-16)18(20-4)21-14-19(2,3)22-26(5,24)25/h6-10,15,17,22H,11-14H2,1-5H3,(H,20,21). The van der Waals surface area contributed by atoms with Gasteiger partial charge in [-0.05, 0) is 37.7 Å². The molecule has 1 saturated heterocycles. The number of hydrogen-bond donors (Lipinski definition) is 2. The number of hydrogen-bond acceptors (Lipinski definition) is 3. The van der Waals surface area contributed by atoms with Crippen LogP contribution in [-0.2, 0) is 10.0 Å². The Kier molecular flexibility index (Phi) is 6.69. The van der Waals surface area contributed by atoms with Crippen LogP contribution in [0.1, 0.15) is 38.7 Å². The Morgan fingerprint density at radius 2 is 1.96 bits per heavy atom. The second-order valence-electron chi connectivity index (χ2n) is 7.89. The number of benzene rings is 1. The van der Waals surface area contributed by atoms with E-state index in [2.05, 4.69) is 57.2 Å². The molecule has 1 aromatic rings. The molecule has 0 bridgehead atoms. The summed E-state index contributed by atoms with van der Waals surface area (Å²) in [6.45, 7) is 8.34. The molecule has 0 aliphatic carbocycles. The van der Waals surface area contributed by atoms with Gasteiger partial charge in [-0.3, -0.25) is 4.99 Å². The minimum absolute atomic E-state index is 0.472. The highest BCUT2D eigenvalue weighted by Crippen LogP contribution is 2.32. The lowest BCUT2D eigenvalue weighted by atomic mass is 9.82. The molecule has 1 aromatic carbocycles. The summed E-state index contributed by atoms with van der Waals surface area (Å²) >= 11 is 0. The van der Waals surface area contributed by atoms with Gasteiger partial charge in [0.1, 0.15) is 0 Å². The summed E-state index contributed by atoms with van der Waals surface area (Å²) in [5.74, 6) is 1.91. The third kappa shape index (κ3) is 5.99. The number of aliphatic imine (C=N–C) groups is 1. The first-order valence-corrected chi connectivity index (χ1v) is 11.0. The summed E-state index contributed by atoms with van der Waals surface area (Å²) in [5.41, 5.74) is 0.818. The van der Waals surface area contributed by atoms with Crippen LogP contribution in [0.4, 0.5) is 0 Å². The molecular formula is C19H32N4O2S. The first kappa shape index (κ1) is 20.7. The highest BCUT2D eigenvalue weighted by atomic mass is 32.2. The zero-order valence-corrected chi connectivity index (χ0v) is 17.3. The van der Waals surface area contributed by atoms with Crippen LogP contribution in [0, 0.1) is 5.92 Å². The van der Waals surface area contributed by atoms with E-state index < -0.39 is 15.6 Å². The normalized spacial score (nSPS) is 22.3. The molecular weight excluding hydrogens is 348 g/mol. The molecule has 6 nitrogen and oxygen atoms in total. The van der Waals surface area contributed by atoms with Crippen LogP contribution >= 0.6 is 0 Å². The van der Waals surface area contributed by atoms with Gasteiger partial charge in [-0.25, -0.2) is 13.1 Å². The molecule has 2 unspecified atom stereocenters. The summed E-state index contributed by atoms with van der Waals surface area (Å²) in [4.78, 5) is 6.66. The SMILES string of the molecule is CN=C(NCC(C)(C)NS(C)(=O)=O)N1CCC(c2ccccc2)C(C)C1. The van der Waals surface area contributed by atoms with Crippen LogP contribution in [0.15, 0.2) is 35.3 Å². The molecule has 7 heteroatoms. The van der Waals surface area contributed by atoms with Crippen molar-refractivity contribution in [2.24, 2.45) is 10.9 Å². The molecule has 1 aliphatic heterocycles. The highest BCUT2D eigenvalue weighted by molar-refractivity contribution is 7.88. The Morgan fingerprint density at radius 1 is 1.31 bits per heavy atom. The molecule has 2 N–H and O–H groups in total. The van der Waals surface area contributed by atoms with Gasteiger partial charge in [-0.15, -0.1) is 0 Å². The maximum absolute atomic E-state index is 11.5. The molecule has 2 rings (SSSR count). The van der Waals surface area contributed by atoms with Gasteiger partial charge >= 0.3 is 0 Å². The van der Waals surface area contributed by atoms with E-state index in [-0.39, 0.29) is 0 Å². The van der Waals surface area contributed by atoms with Gasteiger partial charge < -0.3 is 10.2 Å². The van der Waals surface area contributed by atoms with Crippen LogP contribution in [0.25, 0.3) is 0 Å². The predicted octanol–water partition coefficient (Wildman–Crippen LogP) is 2.02. The fraction of sp³-hybridized carbons (Fsp3) is 0.632. The van der Waals surface area contributed by atoms with E-state index in [9.17, 15) is 8.42 Å². The summed E-state index contributed by atoms with van der Waals surface area (Å²) < 4.78 is 25.6.